The smallest absolute Gasteiger partial charge is 0.243 e. The van der Waals surface area contributed by atoms with E-state index in [4.69, 9.17) is 0 Å². The van der Waals surface area contributed by atoms with Gasteiger partial charge in [0.1, 0.15) is 0 Å². The molecule has 2 rings (SSSR count). The summed E-state index contributed by atoms with van der Waals surface area (Å²) in [5.41, 5.74) is 3.59. The van der Waals surface area contributed by atoms with E-state index in [1.54, 1.807) is 0 Å². The predicted octanol–water partition coefficient (Wildman–Crippen LogP) is 1.68. The van der Waals surface area contributed by atoms with Crippen LogP contribution in [0.2, 0.25) is 0 Å². The topological polar surface area (TPSA) is 57.6 Å². The third-order valence-electron chi connectivity index (χ3n) is 4.02. The van der Waals surface area contributed by atoms with E-state index in [1.165, 1.54) is 4.31 Å². The number of β-amino-alcohol motifs (C(OH)–C–C–N with tert-alkyl or cyclic N) is 1. The Hall–Kier alpha value is -0.910. The maximum Gasteiger partial charge on any atom is 0.243 e. The molecular weight excluding hydrogens is 262 g/mol. The molecular formula is C14H21NO3S. The molecule has 1 saturated heterocycles. The number of aliphatic hydroxyl groups excluding tert-OH is 1. The molecule has 1 heterocycles. The Bertz CT molecular complexity index is 581. The Morgan fingerprint density at radius 1 is 1.16 bits per heavy atom. The van der Waals surface area contributed by atoms with Gasteiger partial charge in [-0.1, -0.05) is 6.07 Å². The maximum atomic E-state index is 12.7. The van der Waals surface area contributed by atoms with Gasteiger partial charge in [-0.2, -0.15) is 4.31 Å². The van der Waals surface area contributed by atoms with Crippen molar-refractivity contribution in [1.82, 2.24) is 4.31 Å². The SMILES string of the molecule is Cc1cc(C)c(C)c(S(=O)(=O)N2CCC(O)C2)c1C. The first kappa shape index (κ1) is 14.5. The molecule has 4 nitrogen and oxygen atoms in total. The molecule has 0 spiro atoms. The van der Waals surface area contributed by atoms with E-state index < -0.39 is 16.1 Å². The van der Waals surface area contributed by atoms with Crippen LogP contribution in [0.25, 0.3) is 0 Å². The summed E-state index contributed by atoms with van der Waals surface area (Å²) in [6.45, 7) is 8.16. The maximum absolute atomic E-state index is 12.7. The Kier molecular flexibility index (Phi) is 3.73. The molecule has 0 radical (unpaired) electrons. The molecule has 0 amide bonds. The van der Waals surface area contributed by atoms with Gasteiger partial charge in [-0.05, 0) is 56.4 Å². The van der Waals surface area contributed by atoms with Crippen LogP contribution in [0.3, 0.4) is 0 Å². The fourth-order valence-electron chi connectivity index (χ4n) is 2.63. The lowest BCUT2D eigenvalue weighted by Crippen LogP contribution is -2.31. The zero-order valence-corrected chi connectivity index (χ0v) is 12.7. The summed E-state index contributed by atoms with van der Waals surface area (Å²) in [6.07, 6.45) is -0.0245. The fraction of sp³-hybridized carbons (Fsp3) is 0.571. The summed E-state index contributed by atoms with van der Waals surface area (Å²) in [5.74, 6) is 0. The summed E-state index contributed by atoms with van der Waals surface area (Å²) < 4.78 is 26.9. The minimum absolute atomic E-state index is 0.203. The highest BCUT2D eigenvalue weighted by atomic mass is 32.2. The number of benzene rings is 1. The second-order valence-electron chi connectivity index (χ2n) is 5.40. The lowest BCUT2D eigenvalue weighted by Gasteiger charge is -2.21. The van der Waals surface area contributed by atoms with Gasteiger partial charge in [0.25, 0.3) is 0 Å². The van der Waals surface area contributed by atoms with Crippen molar-refractivity contribution in [3.8, 4) is 0 Å². The van der Waals surface area contributed by atoms with Crippen molar-refractivity contribution in [3.63, 3.8) is 0 Å². The van der Waals surface area contributed by atoms with Gasteiger partial charge in [0.05, 0.1) is 11.0 Å². The predicted molar refractivity (Wildman–Crippen MR) is 74.8 cm³/mol. The molecule has 0 aromatic heterocycles. The molecule has 5 heteroatoms. The first-order valence-corrected chi connectivity index (χ1v) is 7.94. The minimum atomic E-state index is -3.50. The van der Waals surface area contributed by atoms with Crippen LogP contribution in [0.1, 0.15) is 28.7 Å². The van der Waals surface area contributed by atoms with E-state index in [0.29, 0.717) is 17.9 Å². The molecule has 1 N–H and O–H groups in total. The molecule has 1 aliphatic heterocycles. The largest absolute Gasteiger partial charge is 0.392 e. The van der Waals surface area contributed by atoms with Crippen LogP contribution in [-0.2, 0) is 10.0 Å². The first-order valence-electron chi connectivity index (χ1n) is 6.50. The first-order chi connectivity index (χ1) is 8.75. The third kappa shape index (κ3) is 2.42. The number of sulfonamides is 1. The lowest BCUT2D eigenvalue weighted by molar-refractivity contribution is 0.189. The number of hydrogen-bond donors (Lipinski definition) is 1. The normalized spacial score (nSPS) is 21.0. The van der Waals surface area contributed by atoms with Gasteiger partial charge in [-0.3, -0.25) is 0 Å². The second kappa shape index (κ2) is 4.89. The van der Waals surface area contributed by atoms with Crippen LogP contribution in [0.5, 0.6) is 0 Å². The molecule has 1 unspecified atom stereocenters. The van der Waals surface area contributed by atoms with Crippen molar-refractivity contribution < 1.29 is 13.5 Å². The van der Waals surface area contributed by atoms with E-state index in [0.717, 1.165) is 22.3 Å². The van der Waals surface area contributed by atoms with E-state index >= 15 is 0 Å². The molecule has 1 aromatic carbocycles. The van der Waals surface area contributed by atoms with Crippen LogP contribution in [0.15, 0.2) is 11.0 Å². The van der Waals surface area contributed by atoms with E-state index in [-0.39, 0.29) is 6.54 Å². The van der Waals surface area contributed by atoms with Gasteiger partial charge in [-0.25, -0.2) is 8.42 Å². The zero-order valence-electron chi connectivity index (χ0n) is 11.9. The molecule has 1 fully saturated rings. The van der Waals surface area contributed by atoms with Crippen molar-refractivity contribution in [2.24, 2.45) is 0 Å². The number of rotatable bonds is 2. The summed E-state index contributed by atoms with van der Waals surface area (Å²) in [4.78, 5) is 0.416. The van der Waals surface area contributed by atoms with Gasteiger partial charge in [0, 0.05) is 13.1 Å². The summed E-state index contributed by atoms with van der Waals surface area (Å²) in [7, 11) is -3.50. The average Bonchev–Trinajstić information content (AvgIpc) is 2.74. The minimum Gasteiger partial charge on any atom is -0.392 e. The summed E-state index contributed by atoms with van der Waals surface area (Å²) in [6, 6.07) is 2.02. The molecule has 1 aromatic rings. The zero-order chi connectivity index (χ0) is 14.4. The van der Waals surface area contributed by atoms with Gasteiger partial charge in [-0.15, -0.1) is 0 Å². The molecule has 0 bridgehead atoms. The van der Waals surface area contributed by atoms with E-state index in [1.807, 2.05) is 33.8 Å². The van der Waals surface area contributed by atoms with Crippen molar-refractivity contribution in [2.75, 3.05) is 13.1 Å². The van der Waals surface area contributed by atoms with Crippen molar-refractivity contribution in [2.45, 2.75) is 45.1 Å². The van der Waals surface area contributed by atoms with Crippen molar-refractivity contribution in [3.05, 3.63) is 28.3 Å². The number of aryl methyl sites for hydroxylation is 2. The Balaban J connectivity index is 2.58. The lowest BCUT2D eigenvalue weighted by atomic mass is 10.0. The van der Waals surface area contributed by atoms with E-state index in [9.17, 15) is 13.5 Å². The van der Waals surface area contributed by atoms with Crippen LogP contribution in [0.4, 0.5) is 0 Å². The molecule has 1 atom stereocenters. The molecule has 0 saturated carbocycles. The van der Waals surface area contributed by atoms with Gasteiger partial charge in [0.2, 0.25) is 10.0 Å². The third-order valence-corrected chi connectivity index (χ3v) is 6.16. The van der Waals surface area contributed by atoms with Crippen LogP contribution >= 0.6 is 0 Å². The molecule has 1 aliphatic rings. The highest BCUT2D eigenvalue weighted by Crippen LogP contribution is 2.30. The van der Waals surface area contributed by atoms with Crippen LogP contribution < -0.4 is 0 Å². The van der Waals surface area contributed by atoms with Gasteiger partial charge < -0.3 is 5.11 Å². The number of aliphatic hydroxyl groups is 1. The Morgan fingerprint density at radius 2 is 1.68 bits per heavy atom. The second-order valence-corrected chi connectivity index (χ2v) is 7.27. The number of nitrogens with zero attached hydrogens (tertiary/aromatic N) is 1. The summed E-state index contributed by atoms with van der Waals surface area (Å²) in [5, 5.41) is 9.55. The number of hydrogen-bond acceptors (Lipinski definition) is 3. The molecule has 106 valence electrons. The highest BCUT2D eigenvalue weighted by Gasteiger charge is 2.34. The van der Waals surface area contributed by atoms with Crippen molar-refractivity contribution >= 4 is 10.0 Å². The quantitative estimate of drug-likeness (QED) is 0.898. The fourth-order valence-corrected chi connectivity index (χ4v) is 4.69. The summed E-state index contributed by atoms with van der Waals surface area (Å²) >= 11 is 0. The highest BCUT2D eigenvalue weighted by molar-refractivity contribution is 7.89. The Morgan fingerprint density at radius 3 is 2.11 bits per heavy atom. The van der Waals surface area contributed by atoms with Gasteiger partial charge >= 0.3 is 0 Å². The van der Waals surface area contributed by atoms with Crippen LogP contribution in [-0.4, -0.2) is 37.0 Å². The average molecular weight is 283 g/mol. The van der Waals surface area contributed by atoms with Crippen molar-refractivity contribution in [1.29, 1.82) is 0 Å². The molecule has 0 aliphatic carbocycles. The Labute approximate surface area is 115 Å². The van der Waals surface area contributed by atoms with Crippen LogP contribution in [0, 0.1) is 27.7 Å². The van der Waals surface area contributed by atoms with Gasteiger partial charge in [0.15, 0.2) is 0 Å². The molecule has 19 heavy (non-hydrogen) atoms. The monoisotopic (exact) mass is 283 g/mol. The van der Waals surface area contributed by atoms with E-state index in [2.05, 4.69) is 0 Å². The standard InChI is InChI=1S/C14H21NO3S/c1-9-7-10(2)12(4)14(11(9)3)19(17,18)15-6-5-13(16)8-15/h7,13,16H,5-6,8H2,1-4H3.